The summed E-state index contributed by atoms with van der Waals surface area (Å²) in [6.45, 7) is 19.0. The van der Waals surface area contributed by atoms with E-state index in [1.165, 1.54) is 46.2 Å². The monoisotopic (exact) mass is 296 g/mol. The van der Waals surface area contributed by atoms with Crippen LogP contribution in [-0.4, -0.2) is 0 Å². The van der Waals surface area contributed by atoms with Gasteiger partial charge in [-0.05, 0) is 49.9 Å². The highest BCUT2D eigenvalue weighted by atomic mass is 14.1. The predicted octanol–water partition coefficient (Wildman–Crippen LogP) is 7.20. The molecule has 0 spiro atoms. The maximum atomic E-state index is 3.00. The summed E-state index contributed by atoms with van der Waals surface area (Å²) in [5, 5.41) is 0. The summed E-state index contributed by atoms with van der Waals surface area (Å²) in [5.74, 6) is 0. The highest BCUT2D eigenvalue weighted by Crippen LogP contribution is 2.27. The Balaban J connectivity index is 0.000000640. The molecule has 0 aromatic heterocycles. The van der Waals surface area contributed by atoms with Crippen molar-refractivity contribution in [2.75, 3.05) is 0 Å². The van der Waals surface area contributed by atoms with E-state index in [1.807, 2.05) is 0 Å². The summed E-state index contributed by atoms with van der Waals surface area (Å²) >= 11 is 0. The first-order chi connectivity index (χ1) is 10.5. The summed E-state index contributed by atoms with van der Waals surface area (Å²) in [4.78, 5) is 0. The quantitative estimate of drug-likeness (QED) is 0.514. The molecule has 0 aliphatic rings. The van der Waals surface area contributed by atoms with Crippen molar-refractivity contribution in [1.82, 2.24) is 0 Å². The van der Waals surface area contributed by atoms with E-state index >= 15 is 0 Å². The zero-order chi connectivity index (χ0) is 17.1. The van der Waals surface area contributed by atoms with Crippen molar-refractivity contribution < 1.29 is 0 Å². The fourth-order valence-electron chi connectivity index (χ4n) is 2.23. The van der Waals surface area contributed by atoms with E-state index in [2.05, 4.69) is 91.1 Å². The van der Waals surface area contributed by atoms with E-state index in [-0.39, 0.29) is 0 Å². The Morgan fingerprint density at radius 2 is 0.955 bits per heavy atom. The molecule has 0 bridgehead atoms. The Kier molecular flexibility index (Phi) is 9.95. The first-order valence-corrected chi connectivity index (χ1v) is 8.14. The lowest BCUT2D eigenvalue weighted by Crippen LogP contribution is -1.88. The third kappa shape index (κ3) is 6.30. The highest BCUT2D eigenvalue weighted by molar-refractivity contribution is 5.71. The zero-order valence-corrected chi connectivity index (χ0v) is 15.3. The molecule has 120 valence electrons. The van der Waals surface area contributed by atoms with Gasteiger partial charge >= 0.3 is 0 Å². The SMILES string of the molecule is C=C.CCCC.Cc1ccc(-c2ccc(C)cc2C)c(C)c1. The Morgan fingerprint density at radius 1 is 0.636 bits per heavy atom. The van der Waals surface area contributed by atoms with Crippen LogP contribution in [0.25, 0.3) is 11.1 Å². The molecule has 0 N–H and O–H groups in total. The number of benzene rings is 2. The summed E-state index contributed by atoms with van der Waals surface area (Å²) < 4.78 is 0. The summed E-state index contributed by atoms with van der Waals surface area (Å²) in [6.07, 6.45) is 2.64. The van der Waals surface area contributed by atoms with Gasteiger partial charge in [-0.25, -0.2) is 0 Å². The molecule has 0 unspecified atom stereocenters. The molecule has 22 heavy (non-hydrogen) atoms. The predicted molar refractivity (Wildman–Crippen MR) is 103 cm³/mol. The van der Waals surface area contributed by atoms with Crippen molar-refractivity contribution >= 4 is 0 Å². The second-order valence-corrected chi connectivity index (χ2v) is 5.64. The maximum absolute atomic E-state index is 3.00. The van der Waals surface area contributed by atoms with Gasteiger partial charge in [0, 0.05) is 0 Å². The van der Waals surface area contributed by atoms with E-state index in [4.69, 9.17) is 0 Å². The molecule has 2 rings (SSSR count). The fraction of sp³-hybridized carbons (Fsp3) is 0.364. The number of aryl methyl sites for hydroxylation is 4. The van der Waals surface area contributed by atoms with Crippen molar-refractivity contribution in [3.8, 4) is 11.1 Å². The average molecular weight is 296 g/mol. The molecule has 0 saturated carbocycles. The number of rotatable bonds is 2. The van der Waals surface area contributed by atoms with Crippen LogP contribution in [-0.2, 0) is 0 Å². The average Bonchev–Trinajstić information content (AvgIpc) is 2.51. The van der Waals surface area contributed by atoms with Crippen LogP contribution in [0, 0.1) is 27.7 Å². The molecule has 0 radical (unpaired) electrons. The van der Waals surface area contributed by atoms with Crippen molar-refractivity contribution in [2.45, 2.75) is 54.4 Å². The Hall–Kier alpha value is -1.82. The van der Waals surface area contributed by atoms with Crippen LogP contribution >= 0.6 is 0 Å². The Morgan fingerprint density at radius 3 is 1.18 bits per heavy atom. The molecule has 0 atom stereocenters. The van der Waals surface area contributed by atoms with E-state index in [9.17, 15) is 0 Å². The Labute approximate surface area is 137 Å². The largest absolute Gasteiger partial charge is 0.106 e. The topological polar surface area (TPSA) is 0 Å². The standard InChI is InChI=1S/C16H18.C4H10.C2H4/c1-11-5-7-15(13(3)9-11)16-8-6-12(2)10-14(16)4;1-3-4-2;1-2/h5-10H,1-4H3;3-4H2,1-2H3;1-2H2. The van der Waals surface area contributed by atoms with E-state index in [0.29, 0.717) is 0 Å². The number of hydrogen-bond donors (Lipinski definition) is 0. The van der Waals surface area contributed by atoms with Crippen LogP contribution in [0.2, 0.25) is 0 Å². The molecular formula is C22H32. The lowest BCUT2D eigenvalue weighted by atomic mass is 9.94. The van der Waals surface area contributed by atoms with E-state index < -0.39 is 0 Å². The highest BCUT2D eigenvalue weighted by Gasteiger charge is 2.04. The Bertz CT molecular complexity index is 513. The van der Waals surface area contributed by atoms with Gasteiger partial charge in [0.15, 0.2) is 0 Å². The summed E-state index contributed by atoms with van der Waals surface area (Å²) in [7, 11) is 0. The first kappa shape index (κ1) is 20.2. The minimum Gasteiger partial charge on any atom is -0.106 e. The molecular weight excluding hydrogens is 264 g/mol. The van der Waals surface area contributed by atoms with Gasteiger partial charge in [0.05, 0.1) is 0 Å². The minimum atomic E-state index is 1.32. The second kappa shape index (κ2) is 10.8. The van der Waals surface area contributed by atoms with Crippen molar-refractivity contribution in [1.29, 1.82) is 0 Å². The van der Waals surface area contributed by atoms with Crippen molar-refractivity contribution in [2.24, 2.45) is 0 Å². The molecule has 0 heteroatoms. The van der Waals surface area contributed by atoms with Gasteiger partial charge in [-0.1, -0.05) is 74.2 Å². The number of unbranched alkanes of at least 4 members (excludes halogenated alkanes) is 1. The van der Waals surface area contributed by atoms with E-state index in [0.717, 1.165) is 0 Å². The molecule has 0 aliphatic carbocycles. The number of hydrogen-bond acceptors (Lipinski definition) is 0. The van der Waals surface area contributed by atoms with Gasteiger partial charge < -0.3 is 0 Å². The molecule has 0 nitrogen and oxygen atoms in total. The van der Waals surface area contributed by atoms with Crippen LogP contribution in [0.4, 0.5) is 0 Å². The van der Waals surface area contributed by atoms with Gasteiger partial charge in [0.25, 0.3) is 0 Å². The van der Waals surface area contributed by atoms with Gasteiger partial charge in [-0.15, -0.1) is 13.2 Å². The third-order valence-corrected chi connectivity index (χ3v) is 3.55. The van der Waals surface area contributed by atoms with Gasteiger partial charge in [-0.3, -0.25) is 0 Å². The van der Waals surface area contributed by atoms with Crippen LogP contribution in [0.3, 0.4) is 0 Å². The first-order valence-electron chi connectivity index (χ1n) is 8.14. The van der Waals surface area contributed by atoms with Gasteiger partial charge in [0.2, 0.25) is 0 Å². The van der Waals surface area contributed by atoms with Crippen LogP contribution in [0.1, 0.15) is 48.9 Å². The third-order valence-electron chi connectivity index (χ3n) is 3.55. The van der Waals surface area contributed by atoms with Gasteiger partial charge in [-0.2, -0.15) is 0 Å². The molecule has 2 aromatic carbocycles. The van der Waals surface area contributed by atoms with Crippen molar-refractivity contribution in [3.63, 3.8) is 0 Å². The molecule has 0 heterocycles. The van der Waals surface area contributed by atoms with E-state index in [1.54, 1.807) is 0 Å². The molecule has 0 amide bonds. The summed E-state index contributed by atoms with van der Waals surface area (Å²) in [5.41, 5.74) is 8.06. The maximum Gasteiger partial charge on any atom is -0.0152 e. The van der Waals surface area contributed by atoms with Crippen LogP contribution in [0.15, 0.2) is 49.6 Å². The summed E-state index contributed by atoms with van der Waals surface area (Å²) in [6, 6.07) is 13.3. The van der Waals surface area contributed by atoms with Crippen LogP contribution < -0.4 is 0 Å². The van der Waals surface area contributed by atoms with Crippen LogP contribution in [0.5, 0.6) is 0 Å². The molecule has 2 aromatic rings. The lowest BCUT2D eigenvalue weighted by Gasteiger charge is -2.10. The van der Waals surface area contributed by atoms with Crippen molar-refractivity contribution in [3.05, 3.63) is 71.8 Å². The zero-order valence-electron chi connectivity index (χ0n) is 15.3. The molecule has 0 aliphatic heterocycles. The lowest BCUT2D eigenvalue weighted by molar-refractivity contribution is 0.886. The molecule has 0 fully saturated rings. The second-order valence-electron chi connectivity index (χ2n) is 5.64. The molecule has 0 saturated heterocycles. The van der Waals surface area contributed by atoms with Gasteiger partial charge in [0.1, 0.15) is 0 Å². The smallest absolute Gasteiger partial charge is 0.0152 e. The minimum absolute atomic E-state index is 1.32. The normalized spacial score (nSPS) is 9.18. The fourth-order valence-corrected chi connectivity index (χ4v) is 2.23.